The molecule has 3 rings (SSSR count). The number of piperazine rings is 1. The first-order valence-electron chi connectivity index (χ1n) is 7.54. The van der Waals surface area contributed by atoms with Crippen LogP contribution in [0, 0.1) is 0 Å². The van der Waals surface area contributed by atoms with Crippen LogP contribution in [0.5, 0.6) is 0 Å². The normalized spacial score (nSPS) is 15.1. The van der Waals surface area contributed by atoms with Crippen molar-refractivity contribution in [1.82, 2.24) is 14.9 Å². The number of aliphatic imine (C=N–C) groups is 1. The average molecular weight is 503 g/mol. The molecular weight excluding hydrogens is 483 g/mol. The van der Waals surface area contributed by atoms with Crippen LogP contribution in [0.1, 0.15) is 5.56 Å². The zero-order valence-corrected chi connectivity index (χ0v) is 17.1. The minimum absolute atomic E-state index is 0. The molecule has 128 valence electrons. The van der Waals surface area contributed by atoms with Gasteiger partial charge in [-0.2, -0.15) is 0 Å². The van der Waals surface area contributed by atoms with Crippen LogP contribution in [0.2, 0.25) is 0 Å². The van der Waals surface area contributed by atoms with Crippen LogP contribution in [0.4, 0.5) is 5.95 Å². The Morgan fingerprint density at radius 2 is 1.75 bits per heavy atom. The number of halogens is 2. The van der Waals surface area contributed by atoms with Crippen molar-refractivity contribution in [2.45, 2.75) is 6.54 Å². The Kier molecular flexibility index (Phi) is 7.22. The van der Waals surface area contributed by atoms with Gasteiger partial charge in [0.1, 0.15) is 0 Å². The fourth-order valence-electron chi connectivity index (χ4n) is 2.48. The zero-order chi connectivity index (χ0) is 16.1. The number of benzene rings is 1. The molecule has 24 heavy (non-hydrogen) atoms. The largest absolute Gasteiger partial charge is 0.370 e. The van der Waals surface area contributed by atoms with Crippen molar-refractivity contribution in [1.29, 1.82) is 0 Å². The van der Waals surface area contributed by atoms with Gasteiger partial charge in [0.15, 0.2) is 5.96 Å². The lowest BCUT2D eigenvalue weighted by molar-refractivity contribution is 0.378. The number of anilines is 1. The molecule has 0 unspecified atom stereocenters. The first-order valence-corrected chi connectivity index (χ1v) is 8.33. The molecule has 1 aromatic carbocycles. The summed E-state index contributed by atoms with van der Waals surface area (Å²) in [7, 11) is 0. The van der Waals surface area contributed by atoms with Gasteiger partial charge in [0.25, 0.3) is 0 Å². The molecule has 0 radical (unpaired) electrons. The second-order valence-corrected chi connectivity index (χ2v) is 6.14. The van der Waals surface area contributed by atoms with Crippen molar-refractivity contribution in [2.24, 2.45) is 10.7 Å². The number of guanidine groups is 1. The Bertz CT molecular complexity index is 673. The van der Waals surface area contributed by atoms with Gasteiger partial charge in [0, 0.05) is 43.0 Å². The molecule has 0 spiro atoms. The van der Waals surface area contributed by atoms with Gasteiger partial charge in [-0.3, -0.25) is 0 Å². The molecule has 2 N–H and O–H groups in total. The molecule has 0 amide bonds. The van der Waals surface area contributed by atoms with Gasteiger partial charge in [-0.15, -0.1) is 24.0 Å². The second-order valence-electron chi connectivity index (χ2n) is 5.29. The van der Waals surface area contributed by atoms with Crippen LogP contribution in [-0.4, -0.2) is 47.0 Å². The third-order valence-electron chi connectivity index (χ3n) is 3.81. The average Bonchev–Trinajstić information content (AvgIpc) is 2.62. The highest BCUT2D eigenvalue weighted by molar-refractivity contribution is 14.0. The topological polar surface area (TPSA) is 70.6 Å². The van der Waals surface area contributed by atoms with Crippen LogP contribution >= 0.6 is 39.9 Å². The Morgan fingerprint density at radius 1 is 1.08 bits per heavy atom. The van der Waals surface area contributed by atoms with E-state index in [0.29, 0.717) is 12.5 Å². The van der Waals surface area contributed by atoms with E-state index < -0.39 is 0 Å². The number of nitrogens with two attached hydrogens (primary N) is 1. The van der Waals surface area contributed by atoms with E-state index >= 15 is 0 Å². The summed E-state index contributed by atoms with van der Waals surface area (Å²) in [6.07, 6.45) is 3.53. The van der Waals surface area contributed by atoms with E-state index in [1.54, 1.807) is 12.4 Å². The van der Waals surface area contributed by atoms with Crippen molar-refractivity contribution in [2.75, 3.05) is 31.1 Å². The molecular formula is C16H20BrIN6. The summed E-state index contributed by atoms with van der Waals surface area (Å²) in [4.78, 5) is 17.4. The Balaban J connectivity index is 0.00000208. The molecule has 0 bridgehead atoms. The van der Waals surface area contributed by atoms with Crippen molar-refractivity contribution in [3.05, 3.63) is 52.8 Å². The van der Waals surface area contributed by atoms with Crippen molar-refractivity contribution in [3.8, 4) is 0 Å². The lowest BCUT2D eigenvalue weighted by atomic mass is 10.2. The number of hydrogen-bond acceptors (Lipinski definition) is 4. The summed E-state index contributed by atoms with van der Waals surface area (Å²) in [5.41, 5.74) is 7.27. The lowest BCUT2D eigenvalue weighted by Gasteiger charge is -2.35. The predicted octanol–water partition coefficient (Wildman–Crippen LogP) is 2.49. The Labute approximate surface area is 167 Å². The van der Waals surface area contributed by atoms with Crippen molar-refractivity contribution in [3.63, 3.8) is 0 Å². The fraction of sp³-hybridized carbons (Fsp3) is 0.312. The highest BCUT2D eigenvalue weighted by atomic mass is 127. The van der Waals surface area contributed by atoms with Crippen LogP contribution < -0.4 is 10.6 Å². The third kappa shape index (κ3) is 4.79. The molecule has 0 saturated carbocycles. The van der Waals surface area contributed by atoms with E-state index in [-0.39, 0.29) is 24.0 Å². The summed E-state index contributed by atoms with van der Waals surface area (Å²) in [6, 6.07) is 9.88. The summed E-state index contributed by atoms with van der Waals surface area (Å²) in [5, 5.41) is 0. The molecule has 1 fully saturated rings. The minimum atomic E-state index is 0. The lowest BCUT2D eigenvalue weighted by Crippen LogP contribution is -2.51. The van der Waals surface area contributed by atoms with Gasteiger partial charge in [-0.1, -0.05) is 34.1 Å². The zero-order valence-electron chi connectivity index (χ0n) is 13.2. The van der Waals surface area contributed by atoms with Gasteiger partial charge in [0.2, 0.25) is 5.95 Å². The molecule has 6 nitrogen and oxygen atoms in total. The molecule has 0 atom stereocenters. The van der Waals surface area contributed by atoms with Gasteiger partial charge in [-0.05, 0) is 17.7 Å². The van der Waals surface area contributed by atoms with Crippen LogP contribution in [0.15, 0.2) is 52.2 Å². The number of aromatic nitrogens is 2. The first-order chi connectivity index (χ1) is 11.2. The third-order valence-corrected chi connectivity index (χ3v) is 4.58. The van der Waals surface area contributed by atoms with E-state index in [1.165, 1.54) is 0 Å². The molecule has 8 heteroatoms. The van der Waals surface area contributed by atoms with Crippen LogP contribution in [0.25, 0.3) is 0 Å². The molecule has 1 aliphatic heterocycles. The summed E-state index contributed by atoms with van der Waals surface area (Å²) < 4.78 is 1.06. The summed E-state index contributed by atoms with van der Waals surface area (Å²) in [6.45, 7) is 3.91. The first kappa shape index (κ1) is 18.9. The van der Waals surface area contributed by atoms with E-state index in [0.717, 1.165) is 42.2 Å². The summed E-state index contributed by atoms with van der Waals surface area (Å²) >= 11 is 3.53. The van der Waals surface area contributed by atoms with E-state index in [9.17, 15) is 0 Å². The molecule has 2 aromatic rings. The molecule has 2 heterocycles. The number of hydrogen-bond donors (Lipinski definition) is 1. The van der Waals surface area contributed by atoms with E-state index in [4.69, 9.17) is 5.73 Å². The predicted molar refractivity (Wildman–Crippen MR) is 111 cm³/mol. The minimum Gasteiger partial charge on any atom is -0.370 e. The SMILES string of the molecule is I.NC(=NCc1ccccc1Br)N1CCN(c2ncccn2)CC1. The number of rotatable bonds is 3. The van der Waals surface area contributed by atoms with Crippen molar-refractivity contribution >= 4 is 51.8 Å². The highest BCUT2D eigenvalue weighted by Crippen LogP contribution is 2.17. The fourth-order valence-corrected chi connectivity index (χ4v) is 2.89. The molecule has 1 aliphatic rings. The van der Waals surface area contributed by atoms with Crippen molar-refractivity contribution < 1.29 is 0 Å². The summed E-state index contributed by atoms with van der Waals surface area (Å²) in [5.74, 6) is 1.37. The maximum absolute atomic E-state index is 6.14. The smallest absolute Gasteiger partial charge is 0.225 e. The van der Waals surface area contributed by atoms with Gasteiger partial charge in [-0.25, -0.2) is 15.0 Å². The molecule has 0 aliphatic carbocycles. The molecule has 1 saturated heterocycles. The van der Waals surface area contributed by atoms with Crippen LogP contribution in [-0.2, 0) is 6.54 Å². The van der Waals surface area contributed by atoms with E-state index in [2.05, 4.69) is 40.7 Å². The Morgan fingerprint density at radius 3 is 2.42 bits per heavy atom. The maximum atomic E-state index is 6.14. The molecule has 1 aromatic heterocycles. The Hall–Kier alpha value is -1.42. The number of nitrogens with zero attached hydrogens (tertiary/aromatic N) is 5. The van der Waals surface area contributed by atoms with Gasteiger partial charge >= 0.3 is 0 Å². The van der Waals surface area contributed by atoms with Gasteiger partial charge < -0.3 is 15.5 Å². The van der Waals surface area contributed by atoms with E-state index in [1.807, 2.05) is 30.3 Å². The monoisotopic (exact) mass is 502 g/mol. The quantitative estimate of drug-likeness (QED) is 0.396. The van der Waals surface area contributed by atoms with Crippen LogP contribution in [0.3, 0.4) is 0 Å². The highest BCUT2D eigenvalue weighted by Gasteiger charge is 2.19. The van der Waals surface area contributed by atoms with Gasteiger partial charge in [0.05, 0.1) is 6.54 Å². The second kappa shape index (κ2) is 9.16. The standard InChI is InChI=1S/C16H19BrN6.HI/c17-14-5-2-1-4-13(14)12-21-15(18)22-8-10-23(11-9-22)16-19-6-3-7-20-16;/h1-7H,8-12H2,(H2,18,21);1H. The maximum Gasteiger partial charge on any atom is 0.225 e.